The average molecular weight is 515 g/mol. The topological polar surface area (TPSA) is 17.8 Å². The van der Waals surface area contributed by atoms with E-state index in [4.69, 9.17) is 4.98 Å². The molecule has 0 radical (unpaired) electrons. The van der Waals surface area contributed by atoms with E-state index < -0.39 is 5.54 Å². The molecule has 1 heterocycles. The number of aromatic nitrogens is 2. The minimum Gasteiger partial charge on any atom is -0.319 e. The van der Waals surface area contributed by atoms with E-state index in [-0.39, 0.29) is 0 Å². The van der Waals surface area contributed by atoms with E-state index in [9.17, 15) is 0 Å². The van der Waals surface area contributed by atoms with E-state index in [1.54, 1.807) is 0 Å². The zero-order valence-corrected chi connectivity index (χ0v) is 23.2. The molecule has 2 heteroatoms. The predicted octanol–water partition coefficient (Wildman–Crippen LogP) is 9.21. The fraction of sp³-hybridized carbons (Fsp3) is 0.378. The van der Waals surface area contributed by atoms with Gasteiger partial charge in [0.2, 0.25) is 0 Å². The molecule has 39 heavy (non-hydrogen) atoms. The second kappa shape index (κ2) is 12.2. The third-order valence-corrected chi connectivity index (χ3v) is 9.12. The highest BCUT2D eigenvalue weighted by Gasteiger charge is 2.38. The summed E-state index contributed by atoms with van der Waals surface area (Å²) in [6.07, 6.45) is 23.0. The molecular weight excluding hydrogens is 472 g/mol. The number of rotatable bonds is 11. The van der Waals surface area contributed by atoms with Crippen LogP contribution in [0.5, 0.6) is 0 Å². The highest BCUT2D eigenvalue weighted by atomic mass is 15.1. The Kier molecular flexibility index (Phi) is 8.09. The third-order valence-electron chi connectivity index (χ3n) is 9.12. The van der Waals surface area contributed by atoms with Gasteiger partial charge in [-0.1, -0.05) is 135 Å². The minimum absolute atomic E-state index is 0.486. The zero-order chi connectivity index (χ0) is 26.3. The number of allylic oxidation sites excluding steroid dienone is 2. The average Bonchev–Trinajstić information content (AvgIpc) is 3.76. The van der Waals surface area contributed by atoms with Crippen LogP contribution < -0.4 is 0 Å². The molecule has 1 aromatic heterocycles. The number of imidazole rings is 1. The maximum Gasteiger partial charge on any atom is 0.121 e. The molecule has 0 spiro atoms. The smallest absolute Gasteiger partial charge is 0.121 e. The fourth-order valence-corrected chi connectivity index (χ4v) is 6.87. The van der Waals surface area contributed by atoms with Crippen molar-refractivity contribution < 1.29 is 0 Å². The first kappa shape index (κ1) is 25.9. The summed E-state index contributed by atoms with van der Waals surface area (Å²) >= 11 is 0. The van der Waals surface area contributed by atoms with Gasteiger partial charge in [0.1, 0.15) is 5.54 Å². The van der Waals surface area contributed by atoms with Crippen LogP contribution in [0, 0.1) is 17.8 Å². The van der Waals surface area contributed by atoms with Crippen molar-refractivity contribution in [3.63, 3.8) is 0 Å². The van der Waals surface area contributed by atoms with Gasteiger partial charge >= 0.3 is 0 Å². The summed E-state index contributed by atoms with van der Waals surface area (Å²) in [7, 11) is 0. The van der Waals surface area contributed by atoms with Gasteiger partial charge < -0.3 is 4.57 Å². The zero-order valence-electron chi connectivity index (χ0n) is 23.2. The molecule has 200 valence electrons. The van der Waals surface area contributed by atoms with E-state index in [1.165, 1.54) is 80.2 Å². The minimum atomic E-state index is -0.486. The molecule has 2 fully saturated rings. The maximum absolute atomic E-state index is 5.04. The van der Waals surface area contributed by atoms with Crippen molar-refractivity contribution in [1.82, 2.24) is 9.55 Å². The third kappa shape index (κ3) is 5.81. The van der Waals surface area contributed by atoms with Crippen molar-refractivity contribution in [2.75, 3.05) is 0 Å². The lowest BCUT2D eigenvalue weighted by atomic mass is 9.77. The molecule has 2 aliphatic rings. The van der Waals surface area contributed by atoms with Crippen LogP contribution in [-0.2, 0) is 12.0 Å². The summed E-state index contributed by atoms with van der Waals surface area (Å²) in [4.78, 5) is 5.04. The SMILES string of the molecule is C(=C\C(Cc1cn(C(c2ccccc2)(c2ccccc2)c2ccccc2)cn1)C1CC1)/CCC1CCCCC1. The molecule has 2 aliphatic carbocycles. The van der Waals surface area contributed by atoms with E-state index in [0.29, 0.717) is 5.92 Å². The summed E-state index contributed by atoms with van der Waals surface area (Å²) < 4.78 is 2.36. The van der Waals surface area contributed by atoms with Crippen molar-refractivity contribution in [2.45, 2.75) is 69.7 Å². The Hall–Kier alpha value is -3.39. The monoisotopic (exact) mass is 514 g/mol. The van der Waals surface area contributed by atoms with Crippen LogP contribution in [0.3, 0.4) is 0 Å². The van der Waals surface area contributed by atoms with E-state index >= 15 is 0 Å². The van der Waals surface area contributed by atoms with E-state index in [2.05, 4.69) is 120 Å². The molecule has 2 saturated carbocycles. The summed E-state index contributed by atoms with van der Waals surface area (Å²) in [5.74, 6) is 2.38. The Morgan fingerprint density at radius 1 is 0.744 bits per heavy atom. The molecule has 0 N–H and O–H groups in total. The lowest BCUT2D eigenvalue weighted by molar-refractivity contribution is 0.341. The Labute approximate surface area is 234 Å². The molecule has 4 aromatic rings. The van der Waals surface area contributed by atoms with Crippen LogP contribution in [0.2, 0.25) is 0 Å². The molecule has 0 saturated heterocycles. The Morgan fingerprint density at radius 3 is 1.85 bits per heavy atom. The largest absolute Gasteiger partial charge is 0.319 e. The second-order valence-corrected chi connectivity index (χ2v) is 11.8. The summed E-state index contributed by atoms with van der Waals surface area (Å²) in [5.41, 5.74) is 4.43. The molecular formula is C37H42N2. The molecule has 2 nitrogen and oxygen atoms in total. The standard InChI is InChI=1S/C37H42N2/c1-5-15-30(16-6-1)17-13-14-18-32(31-25-26-31)27-36-28-39(29-38-36)37(33-19-7-2-8-20-33,34-21-9-3-10-22-34)35-23-11-4-12-24-35/h2-4,7-12,14,18-24,28-32H,1,5-6,13,15-17,25-27H2/b18-14+. The number of hydrogen-bond donors (Lipinski definition) is 0. The molecule has 6 rings (SSSR count). The Morgan fingerprint density at radius 2 is 1.31 bits per heavy atom. The van der Waals surface area contributed by atoms with Crippen LogP contribution >= 0.6 is 0 Å². The van der Waals surface area contributed by atoms with Gasteiger partial charge in [-0.3, -0.25) is 0 Å². The van der Waals surface area contributed by atoms with Crippen molar-refractivity contribution in [1.29, 1.82) is 0 Å². The summed E-state index contributed by atoms with van der Waals surface area (Å²) in [6.45, 7) is 0. The van der Waals surface area contributed by atoms with Gasteiger partial charge in [0.15, 0.2) is 0 Å². The molecule has 1 atom stereocenters. The van der Waals surface area contributed by atoms with Gasteiger partial charge in [0.25, 0.3) is 0 Å². The van der Waals surface area contributed by atoms with Gasteiger partial charge in [0, 0.05) is 6.20 Å². The molecule has 0 amide bonds. The van der Waals surface area contributed by atoms with Gasteiger partial charge in [0.05, 0.1) is 12.0 Å². The molecule has 0 bridgehead atoms. The first-order valence-electron chi connectivity index (χ1n) is 15.2. The summed E-state index contributed by atoms with van der Waals surface area (Å²) in [6, 6.07) is 32.7. The quantitative estimate of drug-likeness (QED) is 0.144. The normalized spacial score (nSPS) is 17.4. The van der Waals surface area contributed by atoms with Crippen LogP contribution in [0.4, 0.5) is 0 Å². The Bertz CT molecular complexity index is 1210. The summed E-state index contributed by atoms with van der Waals surface area (Å²) in [5, 5.41) is 0. The first-order chi connectivity index (χ1) is 19.3. The van der Waals surface area contributed by atoms with Crippen molar-refractivity contribution in [2.24, 2.45) is 17.8 Å². The second-order valence-electron chi connectivity index (χ2n) is 11.8. The fourth-order valence-electron chi connectivity index (χ4n) is 6.87. The lowest BCUT2D eigenvalue weighted by Crippen LogP contribution is -2.36. The van der Waals surface area contributed by atoms with E-state index in [1.807, 2.05) is 0 Å². The van der Waals surface area contributed by atoms with Gasteiger partial charge in [-0.25, -0.2) is 4.98 Å². The molecule has 1 unspecified atom stereocenters. The first-order valence-corrected chi connectivity index (χ1v) is 15.2. The number of benzene rings is 3. The number of hydrogen-bond acceptors (Lipinski definition) is 1. The van der Waals surface area contributed by atoms with Gasteiger partial charge in [-0.2, -0.15) is 0 Å². The Balaban J connectivity index is 1.30. The van der Waals surface area contributed by atoms with Crippen LogP contribution in [0.1, 0.15) is 80.2 Å². The van der Waals surface area contributed by atoms with Crippen LogP contribution in [0.15, 0.2) is 116 Å². The highest BCUT2D eigenvalue weighted by Crippen LogP contribution is 2.42. The number of nitrogens with zero attached hydrogens (tertiary/aromatic N) is 2. The van der Waals surface area contributed by atoms with Gasteiger partial charge in [-0.05, 0) is 66.5 Å². The van der Waals surface area contributed by atoms with Gasteiger partial charge in [-0.15, -0.1) is 0 Å². The van der Waals surface area contributed by atoms with Crippen molar-refractivity contribution in [3.8, 4) is 0 Å². The van der Waals surface area contributed by atoms with Crippen LogP contribution in [0.25, 0.3) is 0 Å². The van der Waals surface area contributed by atoms with Crippen LogP contribution in [-0.4, -0.2) is 9.55 Å². The molecule has 0 aliphatic heterocycles. The predicted molar refractivity (Wildman–Crippen MR) is 162 cm³/mol. The van der Waals surface area contributed by atoms with Crippen molar-refractivity contribution >= 4 is 0 Å². The lowest BCUT2D eigenvalue weighted by Gasteiger charge is -2.37. The van der Waals surface area contributed by atoms with E-state index in [0.717, 1.165) is 18.3 Å². The molecule has 3 aromatic carbocycles. The van der Waals surface area contributed by atoms with Crippen molar-refractivity contribution in [3.05, 3.63) is 138 Å². The maximum atomic E-state index is 5.04. The highest BCUT2D eigenvalue weighted by molar-refractivity contribution is 5.50.